The monoisotopic (exact) mass is 285 g/mol. The number of carbonyl (C=O) groups excluding carboxylic acids is 2. The Balaban J connectivity index is 2.14. The van der Waals surface area contributed by atoms with Crippen LogP contribution in [-0.4, -0.2) is 21.6 Å². The standard InChI is InChI=1S/C16H19N3O2/c1-9(2)10-5-4-6-11-14(18-19(3)15(10)11)12-7-8-13(20)17-16(12)21/h4-6,9,12H,7-8H2,1-3H3,(H,17,20,21). The number of aromatic nitrogens is 2. The summed E-state index contributed by atoms with van der Waals surface area (Å²) in [5.74, 6) is -0.381. The van der Waals surface area contributed by atoms with E-state index in [2.05, 4.69) is 30.3 Å². The van der Waals surface area contributed by atoms with E-state index in [9.17, 15) is 9.59 Å². The van der Waals surface area contributed by atoms with E-state index < -0.39 is 0 Å². The number of piperidine rings is 1. The number of imide groups is 1. The van der Waals surface area contributed by atoms with Crippen LogP contribution in [0.3, 0.4) is 0 Å². The highest BCUT2D eigenvalue weighted by Gasteiger charge is 2.31. The highest BCUT2D eigenvalue weighted by atomic mass is 16.2. The molecule has 0 radical (unpaired) electrons. The molecule has 2 heterocycles. The van der Waals surface area contributed by atoms with Crippen molar-refractivity contribution in [2.24, 2.45) is 7.05 Å². The van der Waals surface area contributed by atoms with Gasteiger partial charge in [-0.15, -0.1) is 0 Å². The van der Waals surface area contributed by atoms with Gasteiger partial charge in [-0.25, -0.2) is 0 Å². The Morgan fingerprint density at radius 2 is 2.10 bits per heavy atom. The summed E-state index contributed by atoms with van der Waals surface area (Å²) in [6.45, 7) is 4.29. The number of amides is 2. The second-order valence-corrected chi connectivity index (χ2v) is 5.91. The summed E-state index contributed by atoms with van der Waals surface area (Å²) in [5, 5.41) is 8.00. The lowest BCUT2D eigenvalue weighted by Gasteiger charge is -2.19. The van der Waals surface area contributed by atoms with Crippen LogP contribution in [0.4, 0.5) is 0 Å². The Labute approximate surface area is 123 Å². The summed E-state index contributed by atoms with van der Waals surface area (Å²) in [6.07, 6.45) is 0.904. The normalized spacial score (nSPS) is 19.3. The number of carbonyl (C=O) groups is 2. The quantitative estimate of drug-likeness (QED) is 0.860. The Morgan fingerprint density at radius 3 is 2.76 bits per heavy atom. The van der Waals surface area contributed by atoms with Crippen molar-refractivity contribution in [3.8, 4) is 0 Å². The molecule has 1 fully saturated rings. The van der Waals surface area contributed by atoms with Gasteiger partial charge in [-0.3, -0.25) is 19.6 Å². The maximum absolute atomic E-state index is 12.1. The van der Waals surface area contributed by atoms with Crippen molar-refractivity contribution in [1.82, 2.24) is 15.1 Å². The van der Waals surface area contributed by atoms with Gasteiger partial charge in [0.2, 0.25) is 11.8 Å². The number of nitrogens with one attached hydrogen (secondary N) is 1. The minimum Gasteiger partial charge on any atom is -0.296 e. The number of hydrogen-bond acceptors (Lipinski definition) is 3. The van der Waals surface area contributed by atoms with Crippen molar-refractivity contribution in [3.63, 3.8) is 0 Å². The number of fused-ring (bicyclic) bond motifs is 1. The van der Waals surface area contributed by atoms with E-state index in [0.717, 1.165) is 16.6 Å². The molecule has 0 spiro atoms. The van der Waals surface area contributed by atoms with Crippen molar-refractivity contribution >= 4 is 22.7 Å². The third kappa shape index (κ3) is 2.22. The van der Waals surface area contributed by atoms with E-state index in [0.29, 0.717) is 18.8 Å². The largest absolute Gasteiger partial charge is 0.296 e. The molecule has 5 heteroatoms. The molecule has 1 N–H and O–H groups in total. The Kier molecular flexibility index (Phi) is 3.27. The van der Waals surface area contributed by atoms with E-state index >= 15 is 0 Å². The van der Waals surface area contributed by atoms with E-state index in [-0.39, 0.29) is 17.7 Å². The van der Waals surface area contributed by atoms with Crippen molar-refractivity contribution in [3.05, 3.63) is 29.5 Å². The SMILES string of the molecule is CC(C)c1cccc2c(C3CCC(=O)NC3=O)nn(C)c12. The zero-order valence-corrected chi connectivity index (χ0v) is 12.5. The number of benzene rings is 1. The second kappa shape index (κ2) is 4.98. The Morgan fingerprint density at radius 1 is 1.33 bits per heavy atom. The van der Waals surface area contributed by atoms with Gasteiger partial charge < -0.3 is 0 Å². The predicted octanol–water partition coefficient (Wildman–Crippen LogP) is 2.22. The van der Waals surface area contributed by atoms with Crippen LogP contribution < -0.4 is 5.32 Å². The van der Waals surface area contributed by atoms with Gasteiger partial charge in [0.25, 0.3) is 0 Å². The zero-order chi connectivity index (χ0) is 15.1. The molecule has 1 aliphatic heterocycles. The van der Waals surface area contributed by atoms with Crippen LogP contribution in [0.1, 0.15) is 49.8 Å². The lowest BCUT2D eigenvalue weighted by molar-refractivity contribution is -0.134. The number of para-hydroxylation sites is 1. The molecule has 1 aromatic carbocycles. The zero-order valence-electron chi connectivity index (χ0n) is 12.5. The van der Waals surface area contributed by atoms with Crippen molar-refractivity contribution in [2.45, 2.75) is 38.5 Å². The van der Waals surface area contributed by atoms with Crippen molar-refractivity contribution in [2.75, 3.05) is 0 Å². The molecule has 1 saturated heterocycles. The van der Waals surface area contributed by atoms with Crippen LogP contribution in [0, 0.1) is 0 Å². The van der Waals surface area contributed by atoms with E-state index in [4.69, 9.17) is 0 Å². The summed E-state index contributed by atoms with van der Waals surface area (Å²) >= 11 is 0. The summed E-state index contributed by atoms with van der Waals surface area (Å²) < 4.78 is 1.85. The average Bonchev–Trinajstić information content (AvgIpc) is 2.76. The van der Waals surface area contributed by atoms with Gasteiger partial charge in [0.05, 0.1) is 17.1 Å². The first-order chi connectivity index (χ1) is 9.99. The Hall–Kier alpha value is -2.17. The molecule has 110 valence electrons. The lowest BCUT2D eigenvalue weighted by Crippen LogP contribution is -2.39. The van der Waals surface area contributed by atoms with Crippen LogP contribution in [0.25, 0.3) is 10.9 Å². The minimum absolute atomic E-state index is 0.195. The van der Waals surface area contributed by atoms with Gasteiger partial charge in [0.15, 0.2) is 0 Å². The highest BCUT2D eigenvalue weighted by molar-refractivity contribution is 6.02. The fourth-order valence-electron chi connectivity index (χ4n) is 3.07. The third-order valence-corrected chi connectivity index (χ3v) is 4.12. The summed E-state index contributed by atoms with van der Waals surface area (Å²) in [7, 11) is 1.91. The molecule has 1 atom stereocenters. The molecule has 5 nitrogen and oxygen atoms in total. The smallest absolute Gasteiger partial charge is 0.235 e. The van der Waals surface area contributed by atoms with E-state index in [1.807, 2.05) is 23.9 Å². The van der Waals surface area contributed by atoms with Gasteiger partial charge in [-0.2, -0.15) is 5.10 Å². The maximum Gasteiger partial charge on any atom is 0.235 e. The molecule has 3 rings (SSSR count). The Bertz CT molecular complexity index is 730. The van der Waals surface area contributed by atoms with Crippen LogP contribution in [-0.2, 0) is 16.6 Å². The minimum atomic E-state index is -0.339. The third-order valence-electron chi connectivity index (χ3n) is 4.12. The molecule has 2 amide bonds. The highest BCUT2D eigenvalue weighted by Crippen LogP contribution is 2.33. The fraction of sp³-hybridized carbons (Fsp3) is 0.438. The van der Waals surface area contributed by atoms with Crippen LogP contribution in [0.15, 0.2) is 18.2 Å². The molecular weight excluding hydrogens is 266 g/mol. The maximum atomic E-state index is 12.1. The molecule has 0 aliphatic carbocycles. The van der Waals surface area contributed by atoms with Crippen LogP contribution >= 0.6 is 0 Å². The lowest BCUT2D eigenvalue weighted by atomic mass is 9.91. The molecular formula is C16H19N3O2. The summed E-state index contributed by atoms with van der Waals surface area (Å²) in [6, 6.07) is 6.12. The average molecular weight is 285 g/mol. The fourth-order valence-corrected chi connectivity index (χ4v) is 3.07. The second-order valence-electron chi connectivity index (χ2n) is 5.91. The molecule has 0 saturated carbocycles. The number of nitrogens with zero attached hydrogens (tertiary/aromatic N) is 2. The molecule has 1 aliphatic rings. The molecule has 21 heavy (non-hydrogen) atoms. The molecule has 2 aromatic rings. The van der Waals surface area contributed by atoms with Gasteiger partial charge in [0.1, 0.15) is 0 Å². The van der Waals surface area contributed by atoms with Crippen LogP contribution in [0.2, 0.25) is 0 Å². The molecule has 1 aromatic heterocycles. The van der Waals surface area contributed by atoms with Gasteiger partial charge in [-0.1, -0.05) is 32.0 Å². The number of rotatable bonds is 2. The predicted molar refractivity (Wildman–Crippen MR) is 79.9 cm³/mol. The van der Waals surface area contributed by atoms with Crippen molar-refractivity contribution in [1.29, 1.82) is 0 Å². The first kappa shape index (κ1) is 13.8. The molecule has 0 bridgehead atoms. The van der Waals surface area contributed by atoms with Gasteiger partial charge >= 0.3 is 0 Å². The molecule has 1 unspecified atom stereocenters. The number of hydrogen-bond donors (Lipinski definition) is 1. The van der Waals surface area contributed by atoms with Gasteiger partial charge in [0, 0.05) is 18.9 Å². The van der Waals surface area contributed by atoms with Crippen molar-refractivity contribution < 1.29 is 9.59 Å². The van der Waals surface area contributed by atoms with E-state index in [1.54, 1.807) is 0 Å². The van der Waals surface area contributed by atoms with E-state index in [1.165, 1.54) is 5.56 Å². The number of aryl methyl sites for hydroxylation is 1. The summed E-state index contributed by atoms with van der Waals surface area (Å²) in [5.41, 5.74) is 3.08. The first-order valence-electron chi connectivity index (χ1n) is 7.28. The van der Waals surface area contributed by atoms with Crippen LogP contribution in [0.5, 0.6) is 0 Å². The topological polar surface area (TPSA) is 64.0 Å². The summed E-state index contributed by atoms with van der Waals surface area (Å²) in [4.78, 5) is 23.4. The first-order valence-corrected chi connectivity index (χ1v) is 7.28. The van der Waals surface area contributed by atoms with Gasteiger partial charge in [-0.05, 0) is 17.9 Å².